The van der Waals surface area contributed by atoms with Crippen LogP contribution >= 0.6 is 0 Å². The summed E-state index contributed by atoms with van der Waals surface area (Å²) in [6.45, 7) is 2.80. The highest BCUT2D eigenvalue weighted by molar-refractivity contribution is 6.03. The van der Waals surface area contributed by atoms with Crippen LogP contribution < -0.4 is 11.1 Å². The molecule has 0 radical (unpaired) electrons. The number of nitrogens with two attached hydrogens (primary N) is 1. The average molecular weight is 283 g/mol. The van der Waals surface area contributed by atoms with E-state index in [0.717, 1.165) is 24.0 Å². The van der Waals surface area contributed by atoms with Gasteiger partial charge in [0, 0.05) is 12.7 Å². The van der Waals surface area contributed by atoms with Crippen LogP contribution in [0.4, 0.5) is 11.6 Å². The van der Waals surface area contributed by atoms with Crippen LogP contribution in [0.1, 0.15) is 23.8 Å². The number of para-hydroxylation sites is 2. The Bertz CT molecular complexity index is 753. The van der Waals surface area contributed by atoms with E-state index < -0.39 is 0 Å². The lowest BCUT2D eigenvalue weighted by Gasteiger charge is -2.06. The van der Waals surface area contributed by atoms with Crippen molar-refractivity contribution in [3.63, 3.8) is 0 Å². The first kappa shape index (κ1) is 13.2. The summed E-state index contributed by atoms with van der Waals surface area (Å²) >= 11 is 0. The van der Waals surface area contributed by atoms with Crippen molar-refractivity contribution in [2.24, 2.45) is 0 Å². The molecule has 2 heterocycles. The largest absolute Gasteiger partial charge is 0.397 e. The maximum Gasteiger partial charge on any atom is 0.274 e. The van der Waals surface area contributed by atoms with E-state index in [-0.39, 0.29) is 5.91 Å². The first-order chi connectivity index (χ1) is 10.2. The first-order valence-corrected chi connectivity index (χ1v) is 6.89. The Morgan fingerprint density at radius 1 is 1.43 bits per heavy atom. The van der Waals surface area contributed by atoms with E-state index >= 15 is 0 Å². The fourth-order valence-corrected chi connectivity index (χ4v) is 2.33. The SMILES string of the molecule is CCCn1cc(N)cc1C(=O)Nc1nc2ccccc2[nH]1. The molecule has 0 unspecified atom stereocenters. The molecule has 0 bridgehead atoms. The molecule has 4 N–H and O–H groups in total. The number of aromatic nitrogens is 3. The number of nitrogens with one attached hydrogen (secondary N) is 2. The van der Waals surface area contributed by atoms with Crippen LogP contribution in [0.25, 0.3) is 11.0 Å². The normalized spacial score (nSPS) is 10.9. The fourth-order valence-electron chi connectivity index (χ4n) is 2.33. The van der Waals surface area contributed by atoms with E-state index in [1.807, 2.05) is 28.8 Å². The van der Waals surface area contributed by atoms with Gasteiger partial charge in [-0.25, -0.2) is 4.98 Å². The Morgan fingerprint density at radius 2 is 2.24 bits per heavy atom. The second kappa shape index (κ2) is 5.32. The van der Waals surface area contributed by atoms with Gasteiger partial charge in [0.15, 0.2) is 0 Å². The van der Waals surface area contributed by atoms with Crippen molar-refractivity contribution in [3.05, 3.63) is 42.2 Å². The highest BCUT2D eigenvalue weighted by Gasteiger charge is 2.14. The van der Waals surface area contributed by atoms with Crippen LogP contribution in [0.15, 0.2) is 36.5 Å². The monoisotopic (exact) mass is 283 g/mol. The minimum Gasteiger partial charge on any atom is -0.397 e. The highest BCUT2D eigenvalue weighted by Crippen LogP contribution is 2.16. The number of nitrogens with zero attached hydrogens (tertiary/aromatic N) is 2. The van der Waals surface area contributed by atoms with Crippen molar-refractivity contribution in [2.45, 2.75) is 19.9 Å². The van der Waals surface area contributed by atoms with E-state index in [9.17, 15) is 4.79 Å². The standard InChI is InChI=1S/C15H17N5O/c1-2-7-20-9-10(16)8-13(20)14(21)19-15-17-11-5-3-4-6-12(11)18-15/h3-6,8-9H,2,7,16H2,1H3,(H2,17,18,19,21). The number of H-pyrrole nitrogens is 1. The van der Waals surface area contributed by atoms with Gasteiger partial charge in [0.05, 0.1) is 16.7 Å². The topological polar surface area (TPSA) is 88.7 Å². The summed E-state index contributed by atoms with van der Waals surface area (Å²) in [5.74, 6) is 0.211. The van der Waals surface area contributed by atoms with Crippen molar-refractivity contribution in [1.29, 1.82) is 0 Å². The lowest BCUT2D eigenvalue weighted by molar-refractivity contribution is 0.101. The van der Waals surface area contributed by atoms with Gasteiger partial charge in [0.1, 0.15) is 5.69 Å². The van der Waals surface area contributed by atoms with Crippen molar-refractivity contribution in [1.82, 2.24) is 14.5 Å². The van der Waals surface area contributed by atoms with Crippen molar-refractivity contribution in [2.75, 3.05) is 11.1 Å². The molecule has 0 aliphatic heterocycles. The molecule has 0 saturated carbocycles. The molecular weight excluding hydrogens is 266 g/mol. The summed E-state index contributed by atoms with van der Waals surface area (Å²) < 4.78 is 1.85. The van der Waals surface area contributed by atoms with Crippen LogP contribution in [0.2, 0.25) is 0 Å². The van der Waals surface area contributed by atoms with Gasteiger partial charge in [-0.1, -0.05) is 19.1 Å². The number of carbonyl (C=O) groups excluding carboxylic acids is 1. The third kappa shape index (κ3) is 2.60. The summed E-state index contributed by atoms with van der Waals surface area (Å²) in [5, 5.41) is 2.78. The summed E-state index contributed by atoms with van der Waals surface area (Å²) in [7, 11) is 0. The first-order valence-electron chi connectivity index (χ1n) is 6.89. The highest BCUT2D eigenvalue weighted by atomic mass is 16.2. The number of anilines is 2. The van der Waals surface area contributed by atoms with Crippen LogP contribution in [0, 0.1) is 0 Å². The molecule has 2 aromatic heterocycles. The average Bonchev–Trinajstić information content (AvgIpc) is 3.02. The second-order valence-electron chi connectivity index (χ2n) is 4.91. The number of aryl methyl sites for hydroxylation is 1. The fraction of sp³-hybridized carbons (Fsp3) is 0.200. The number of aromatic amines is 1. The number of amides is 1. The maximum absolute atomic E-state index is 12.4. The van der Waals surface area contributed by atoms with Gasteiger partial charge in [0.2, 0.25) is 5.95 Å². The number of benzene rings is 1. The zero-order chi connectivity index (χ0) is 14.8. The Morgan fingerprint density at radius 3 is 3.00 bits per heavy atom. The third-order valence-electron chi connectivity index (χ3n) is 3.24. The molecule has 0 fully saturated rings. The number of hydrogen-bond donors (Lipinski definition) is 3. The van der Waals surface area contributed by atoms with E-state index in [1.54, 1.807) is 12.3 Å². The molecular formula is C15H17N5O. The molecule has 3 rings (SSSR count). The minimum absolute atomic E-state index is 0.223. The van der Waals surface area contributed by atoms with Crippen LogP contribution in [-0.2, 0) is 6.54 Å². The number of hydrogen-bond acceptors (Lipinski definition) is 3. The molecule has 0 spiro atoms. The number of nitrogen functional groups attached to an aromatic ring is 1. The van der Waals surface area contributed by atoms with Gasteiger partial charge in [-0.15, -0.1) is 0 Å². The number of carbonyl (C=O) groups is 1. The number of fused-ring (bicyclic) bond motifs is 1. The quantitative estimate of drug-likeness (QED) is 0.687. The van der Waals surface area contributed by atoms with Crippen LogP contribution in [0.3, 0.4) is 0 Å². The number of rotatable bonds is 4. The Kier molecular flexibility index (Phi) is 3.35. The smallest absolute Gasteiger partial charge is 0.274 e. The van der Waals surface area contributed by atoms with Crippen molar-refractivity contribution in [3.8, 4) is 0 Å². The molecule has 21 heavy (non-hydrogen) atoms. The van der Waals surface area contributed by atoms with Gasteiger partial charge < -0.3 is 15.3 Å². The predicted molar refractivity (Wildman–Crippen MR) is 83.2 cm³/mol. The molecule has 3 aromatic rings. The molecule has 0 aliphatic carbocycles. The third-order valence-corrected chi connectivity index (χ3v) is 3.24. The summed E-state index contributed by atoms with van der Waals surface area (Å²) in [6.07, 6.45) is 2.70. The Labute approximate surface area is 122 Å². The molecule has 1 aromatic carbocycles. The van der Waals surface area contributed by atoms with Crippen molar-refractivity contribution >= 4 is 28.6 Å². The maximum atomic E-state index is 12.4. The van der Waals surface area contributed by atoms with E-state index in [0.29, 0.717) is 17.3 Å². The van der Waals surface area contributed by atoms with Crippen LogP contribution in [-0.4, -0.2) is 20.4 Å². The van der Waals surface area contributed by atoms with Crippen LogP contribution in [0.5, 0.6) is 0 Å². The van der Waals surface area contributed by atoms with Crippen molar-refractivity contribution < 1.29 is 4.79 Å². The Balaban J connectivity index is 1.85. The van der Waals surface area contributed by atoms with Gasteiger partial charge in [-0.05, 0) is 24.6 Å². The second-order valence-corrected chi connectivity index (χ2v) is 4.91. The van der Waals surface area contributed by atoms with E-state index in [1.165, 1.54) is 0 Å². The summed E-state index contributed by atoms with van der Waals surface area (Å²) in [5.41, 5.74) is 8.60. The van der Waals surface area contributed by atoms with Gasteiger partial charge in [-0.2, -0.15) is 0 Å². The number of imidazole rings is 1. The molecule has 1 amide bonds. The lowest BCUT2D eigenvalue weighted by atomic mass is 10.3. The zero-order valence-corrected chi connectivity index (χ0v) is 11.8. The molecule has 0 aliphatic rings. The molecule has 6 heteroatoms. The summed E-state index contributed by atoms with van der Waals surface area (Å²) in [6, 6.07) is 9.30. The summed E-state index contributed by atoms with van der Waals surface area (Å²) in [4.78, 5) is 19.8. The lowest BCUT2D eigenvalue weighted by Crippen LogP contribution is -2.17. The van der Waals surface area contributed by atoms with Gasteiger partial charge >= 0.3 is 0 Å². The zero-order valence-electron chi connectivity index (χ0n) is 11.8. The van der Waals surface area contributed by atoms with E-state index in [4.69, 9.17) is 5.73 Å². The molecule has 6 nitrogen and oxygen atoms in total. The molecule has 108 valence electrons. The van der Waals surface area contributed by atoms with Gasteiger partial charge in [-0.3, -0.25) is 10.1 Å². The van der Waals surface area contributed by atoms with E-state index in [2.05, 4.69) is 22.2 Å². The predicted octanol–water partition coefficient (Wildman–Crippen LogP) is 2.61. The van der Waals surface area contributed by atoms with Gasteiger partial charge in [0.25, 0.3) is 5.91 Å². The molecule has 0 saturated heterocycles. The Hall–Kier alpha value is -2.76. The minimum atomic E-state index is -0.223. The molecule has 0 atom stereocenters.